The van der Waals surface area contributed by atoms with Crippen LogP contribution in [-0.4, -0.2) is 34.6 Å². The largest absolute Gasteiger partial charge is 0.450 e. The zero-order valence-corrected chi connectivity index (χ0v) is 13.9. The number of alkyl carbamates (subject to hydrolysis) is 1. The summed E-state index contributed by atoms with van der Waals surface area (Å²) in [6, 6.07) is 5.84. The minimum atomic E-state index is -0.764. The van der Waals surface area contributed by atoms with Gasteiger partial charge in [-0.1, -0.05) is 17.8 Å². The second kappa shape index (κ2) is 7.77. The molecule has 1 aromatic heterocycles. The van der Waals surface area contributed by atoms with Gasteiger partial charge in [-0.2, -0.15) is 0 Å². The number of thioether (sulfide) groups is 1. The summed E-state index contributed by atoms with van der Waals surface area (Å²) in [5, 5.41) is 10.2. The Labute approximate surface area is 137 Å². The fraction of sp³-hybridized carbons (Fsp3) is 0.333. The van der Waals surface area contributed by atoms with Crippen molar-refractivity contribution in [3.8, 4) is 11.5 Å². The van der Waals surface area contributed by atoms with Crippen molar-refractivity contribution in [2.45, 2.75) is 26.0 Å². The number of hydrogen-bond donors (Lipinski definition) is 1. The van der Waals surface area contributed by atoms with Crippen LogP contribution in [0.15, 0.2) is 27.8 Å². The Bertz CT molecular complexity index is 714. The van der Waals surface area contributed by atoms with Crippen molar-refractivity contribution >= 4 is 23.8 Å². The Balaban J connectivity index is 1.93. The van der Waals surface area contributed by atoms with Gasteiger partial charge in [-0.25, -0.2) is 4.79 Å². The number of carbonyl (C=O) groups excluding carboxylic acids is 2. The van der Waals surface area contributed by atoms with Crippen LogP contribution in [0.25, 0.3) is 11.5 Å². The van der Waals surface area contributed by atoms with Crippen LogP contribution in [0.4, 0.5) is 4.79 Å². The monoisotopic (exact) mass is 335 g/mol. The highest BCUT2D eigenvalue weighted by Gasteiger charge is 2.13. The molecule has 2 rings (SSSR count). The van der Waals surface area contributed by atoms with Crippen molar-refractivity contribution in [1.29, 1.82) is 0 Å². The SMILES string of the molecule is CCOC(=O)NC(=O)CSc1nnc(-c2ccc(C)c(C)c2)o1. The zero-order valence-electron chi connectivity index (χ0n) is 13.1. The minimum absolute atomic E-state index is 0.0205. The minimum Gasteiger partial charge on any atom is -0.450 e. The van der Waals surface area contributed by atoms with E-state index >= 15 is 0 Å². The maximum Gasteiger partial charge on any atom is 0.413 e. The van der Waals surface area contributed by atoms with Crippen LogP contribution in [0.1, 0.15) is 18.1 Å². The molecular formula is C15H17N3O4S. The van der Waals surface area contributed by atoms with E-state index in [9.17, 15) is 9.59 Å². The molecule has 2 aromatic rings. The molecular weight excluding hydrogens is 318 g/mol. The number of hydrogen-bond acceptors (Lipinski definition) is 7. The number of aryl methyl sites for hydroxylation is 2. The van der Waals surface area contributed by atoms with Crippen molar-refractivity contribution in [2.24, 2.45) is 0 Å². The number of nitrogens with zero attached hydrogens (tertiary/aromatic N) is 2. The number of nitrogens with one attached hydrogen (secondary N) is 1. The maximum absolute atomic E-state index is 11.5. The lowest BCUT2D eigenvalue weighted by atomic mass is 10.1. The van der Waals surface area contributed by atoms with Gasteiger partial charge in [0.25, 0.3) is 5.22 Å². The second-order valence-corrected chi connectivity index (χ2v) is 5.66. The lowest BCUT2D eigenvalue weighted by molar-refractivity contribution is -0.117. The molecule has 0 aliphatic rings. The van der Waals surface area contributed by atoms with Crippen molar-refractivity contribution in [1.82, 2.24) is 15.5 Å². The number of carbonyl (C=O) groups is 2. The quantitative estimate of drug-likeness (QED) is 0.839. The molecule has 0 atom stereocenters. The van der Waals surface area contributed by atoms with Gasteiger partial charge in [0, 0.05) is 5.56 Å². The molecule has 122 valence electrons. The molecule has 1 N–H and O–H groups in total. The zero-order chi connectivity index (χ0) is 16.8. The number of imide groups is 1. The Hall–Kier alpha value is -2.35. The first-order valence-corrected chi connectivity index (χ1v) is 7.98. The van der Waals surface area contributed by atoms with Crippen LogP contribution < -0.4 is 5.32 Å². The van der Waals surface area contributed by atoms with Gasteiger partial charge in [0.1, 0.15) is 0 Å². The average Bonchev–Trinajstić information content (AvgIpc) is 2.97. The Morgan fingerprint density at radius 1 is 1.26 bits per heavy atom. The smallest absolute Gasteiger partial charge is 0.413 e. The summed E-state index contributed by atoms with van der Waals surface area (Å²) in [5.41, 5.74) is 3.13. The summed E-state index contributed by atoms with van der Waals surface area (Å²) in [6.07, 6.45) is -0.764. The maximum atomic E-state index is 11.5. The summed E-state index contributed by atoms with van der Waals surface area (Å²) in [6.45, 7) is 5.89. The topological polar surface area (TPSA) is 94.3 Å². The van der Waals surface area contributed by atoms with E-state index in [1.165, 1.54) is 5.56 Å². The molecule has 2 amide bonds. The molecule has 1 heterocycles. The van der Waals surface area contributed by atoms with E-state index < -0.39 is 12.0 Å². The van der Waals surface area contributed by atoms with E-state index in [0.29, 0.717) is 5.89 Å². The third kappa shape index (κ3) is 4.82. The number of ether oxygens (including phenoxy) is 1. The van der Waals surface area contributed by atoms with Gasteiger partial charge in [0.2, 0.25) is 11.8 Å². The predicted molar refractivity (Wildman–Crippen MR) is 85.1 cm³/mol. The van der Waals surface area contributed by atoms with Gasteiger partial charge in [-0.3, -0.25) is 10.1 Å². The fourth-order valence-corrected chi connectivity index (χ4v) is 2.27. The van der Waals surface area contributed by atoms with Crippen LogP contribution in [-0.2, 0) is 9.53 Å². The van der Waals surface area contributed by atoms with Gasteiger partial charge in [0.15, 0.2) is 0 Å². The molecule has 0 unspecified atom stereocenters. The first-order valence-electron chi connectivity index (χ1n) is 7.00. The molecule has 0 radical (unpaired) electrons. The van der Waals surface area contributed by atoms with Gasteiger partial charge in [-0.15, -0.1) is 10.2 Å². The standard InChI is InChI=1S/C15H17N3O4S/c1-4-21-14(20)16-12(19)8-23-15-18-17-13(22-15)11-6-5-9(2)10(3)7-11/h5-7H,4,8H2,1-3H3,(H,16,19,20). The summed E-state index contributed by atoms with van der Waals surface area (Å²) < 4.78 is 10.1. The lowest BCUT2D eigenvalue weighted by Gasteiger charge is -2.02. The first-order chi connectivity index (χ1) is 11.0. The van der Waals surface area contributed by atoms with Crippen molar-refractivity contribution in [2.75, 3.05) is 12.4 Å². The summed E-state index contributed by atoms with van der Waals surface area (Å²) in [4.78, 5) is 22.6. The van der Waals surface area contributed by atoms with E-state index in [2.05, 4.69) is 20.3 Å². The van der Waals surface area contributed by atoms with Gasteiger partial charge < -0.3 is 9.15 Å². The molecule has 23 heavy (non-hydrogen) atoms. The molecule has 0 aliphatic heterocycles. The van der Waals surface area contributed by atoms with Gasteiger partial charge in [-0.05, 0) is 44.0 Å². The summed E-state index contributed by atoms with van der Waals surface area (Å²) >= 11 is 1.05. The summed E-state index contributed by atoms with van der Waals surface area (Å²) in [7, 11) is 0. The van der Waals surface area contributed by atoms with Crippen LogP contribution >= 0.6 is 11.8 Å². The van der Waals surface area contributed by atoms with Crippen molar-refractivity contribution < 1.29 is 18.7 Å². The number of rotatable bonds is 5. The molecule has 1 aromatic carbocycles. The number of amides is 2. The van der Waals surface area contributed by atoms with E-state index in [-0.39, 0.29) is 17.6 Å². The van der Waals surface area contributed by atoms with Gasteiger partial charge in [0.05, 0.1) is 12.4 Å². The number of aromatic nitrogens is 2. The van der Waals surface area contributed by atoms with E-state index in [0.717, 1.165) is 22.9 Å². The fourth-order valence-electron chi connectivity index (χ4n) is 1.70. The Morgan fingerprint density at radius 2 is 2.04 bits per heavy atom. The molecule has 0 saturated carbocycles. The highest BCUT2D eigenvalue weighted by atomic mass is 32.2. The second-order valence-electron chi connectivity index (χ2n) is 4.73. The van der Waals surface area contributed by atoms with Crippen LogP contribution in [0.5, 0.6) is 0 Å². The third-order valence-corrected chi connectivity index (χ3v) is 3.82. The summed E-state index contributed by atoms with van der Waals surface area (Å²) in [5.74, 6) is -0.117. The first kappa shape index (κ1) is 17.0. The van der Waals surface area contributed by atoms with E-state index in [1.807, 2.05) is 32.0 Å². The lowest BCUT2D eigenvalue weighted by Crippen LogP contribution is -2.32. The van der Waals surface area contributed by atoms with Gasteiger partial charge >= 0.3 is 6.09 Å². The van der Waals surface area contributed by atoms with Crippen LogP contribution in [0.3, 0.4) is 0 Å². The van der Waals surface area contributed by atoms with Crippen LogP contribution in [0, 0.1) is 13.8 Å². The number of benzene rings is 1. The molecule has 8 heteroatoms. The molecule has 0 bridgehead atoms. The van der Waals surface area contributed by atoms with E-state index in [4.69, 9.17) is 4.42 Å². The average molecular weight is 335 g/mol. The highest BCUT2D eigenvalue weighted by molar-refractivity contribution is 7.99. The Morgan fingerprint density at radius 3 is 2.74 bits per heavy atom. The third-order valence-electron chi connectivity index (χ3n) is 3.00. The Kier molecular flexibility index (Phi) is 5.75. The highest BCUT2D eigenvalue weighted by Crippen LogP contribution is 2.24. The molecule has 0 aliphatic carbocycles. The molecule has 0 fully saturated rings. The van der Waals surface area contributed by atoms with Crippen molar-refractivity contribution in [3.05, 3.63) is 29.3 Å². The molecule has 0 saturated heterocycles. The molecule has 0 spiro atoms. The predicted octanol–water partition coefficient (Wildman–Crippen LogP) is 2.72. The van der Waals surface area contributed by atoms with Crippen molar-refractivity contribution in [3.63, 3.8) is 0 Å². The van der Waals surface area contributed by atoms with Crippen LogP contribution in [0.2, 0.25) is 0 Å². The van der Waals surface area contributed by atoms with E-state index in [1.54, 1.807) is 6.92 Å². The molecule has 7 nitrogen and oxygen atoms in total. The normalized spacial score (nSPS) is 10.4.